The van der Waals surface area contributed by atoms with E-state index in [-0.39, 0.29) is 18.9 Å². The molecule has 0 saturated carbocycles. The topological polar surface area (TPSA) is 75.7 Å². The highest BCUT2D eigenvalue weighted by atomic mass is 16.5. The van der Waals surface area contributed by atoms with Gasteiger partial charge < -0.3 is 15.0 Å². The molecule has 1 N–H and O–H groups in total. The van der Waals surface area contributed by atoms with Crippen molar-refractivity contribution in [3.8, 4) is 0 Å². The third-order valence-corrected chi connectivity index (χ3v) is 4.53. The number of ether oxygens (including phenoxy) is 1. The van der Waals surface area contributed by atoms with E-state index in [0.29, 0.717) is 18.8 Å². The lowest BCUT2D eigenvalue weighted by Gasteiger charge is -2.16. The van der Waals surface area contributed by atoms with E-state index in [9.17, 15) is 14.4 Å². The lowest BCUT2D eigenvalue weighted by atomic mass is 10.1. The third-order valence-electron chi connectivity index (χ3n) is 4.53. The van der Waals surface area contributed by atoms with E-state index in [4.69, 9.17) is 4.74 Å². The van der Waals surface area contributed by atoms with Crippen LogP contribution < -0.4 is 5.32 Å². The molecule has 0 aliphatic carbocycles. The van der Waals surface area contributed by atoms with Crippen molar-refractivity contribution in [2.45, 2.75) is 19.9 Å². The van der Waals surface area contributed by atoms with E-state index in [0.717, 1.165) is 11.1 Å². The number of carbonyl (C=O) groups is 3. The van der Waals surface area contributed by atoms with Gasteiger partial charge in [-0.1, -0.05) is 48.5 Å². The fourth-order valence-corrected chi connectivity index (χ4v) is 3.04. The van der Waals surface area contributed by atoms with E-state index in [1.54, 1.807) is 11.0 Å². The molecule has 2 amide bonds. The molecule has 1 aliphatic heterocycles. The summed E-state index contributed by atoms with van der Waals surface area (Å²) >= 11 is 0. The number of hydrogen-bond donors (Lipinski definition) is 1. The van der Waals surface area contributed by atoms with E-state index >= 15 is 0 Å². The zero-order valence-electron chi connectivity index (χ0n) is 15.2. The Labute approximate surface area is 158 Å². The number of rotatable bonds is 6. The fraction of sp³-hybridized carbons (Fsp3) is 0.286. The van der Waals surface area contributed by atoms with Crippen LogP contribution in [0, 0.1) is 12.8 Å². The predicted molar refractivity (Wildman–Crippen MR) is 101 cm³/mol. The van der Waals surface area contributed by atoms with E-state index in [2.05, 4.69) is 5.32 Å². The average molecular weight is 366 g/mol. The lowest BCUT2D eigenvalue weighted by Crippen LogP contribution is -2.28. The van der Waals surface area contributed by atoms with Crippen LogP contribution in [0.5, 0.6) is 0 Å². The number of anilines is 1. The molecule has 0 aromatic heterocycles. The Balaban J connectivity index is 1.48. The molecule has 2 aromatic rings. The number of nitrogens with one attached hydrogen (secondary N) is 1. The number of para-hydroxylation sites is 1. The van der Waals surface area contributed by atoms with Gasteiger partial charge in [0.1, 0.15) is 0 Å². The summed E-state index contributed by atoms with van der Waals surface area (Å²) in [5.41, 5.74) is 2.62. The Morgan fingerprint density at radius 1 is 1.11 bits per heavy atom. The molecule has 0 bridgehead atoms. The summed E-state index contributed by atoms with van der Waals surface area (Å²) < 4.78 is 5.12. The van der Waals surface area contributed by atoms with Crippen molar-refractivity contribution >= 4 is 23.5 Å². The van der Waals surface area contributed by atoms with Crippen LogP contribution in [-0.4, -0.2) is 35.8 Å². The van der Waals surface area contributed by atoms with Gasteiger partial charge >= 0.3 is 5.97 Å². The van der Waals surface area contributed by atoms with Crippen molar-refractivity contribution in [1.82, 2.24) is 4.90 Å². The van der Waals surface area contributed by atoms with Crippen molar-refractivity contribution < 1.29 is 19.1 Å². The molecule has 6 nitrogen and oxygen atoms in total. The second-order valence-corrected chi connectivity index (χ2v) is 6.63. The summed E-state index contributed by atoms with van der Waals surface area (Å²) in [4.78, 5) is 38.0. The van der Waals surface area contributed by atoms with E-state index in [1.807, 2.05) is 55.5 Å². The first-order valence-corrected chi connectivity index (χ1v) is 8.87. The molecular weight excluding hydrogens is 344 g/mol. The first-order valence-electron chi connectivity index (χ1n) is 8.87. The molecule has 27 heavy (non-hydrogen) atoms. The Morgan fingerprint density at radius 2 is 1.81 bits per heavy atom. The van der Waals surface area contributed by atoms with Crippen molar-refractivity contribution in [2.75, 3.05) is 18.5 Å². The van der Waals surface area contributed by atoms with Gasteiger partial charge in [-0.25, -0.2) is 0 Å². The largest absolute Gasteiger partial charge is 0.455 e. The average Bonchev–Trinajstić information content (AvgIpc) is 3.03. The lowest BCUT2D eigenvalue weighted by molar-refractivity contribution is -0.151. The number of benzene rings is 2. The molecular formula is C21H22N2O4. The van der Waals surface area contributed by atoms with Crippen LogP contribution in [0.1, 0.15) is 17.5 Å². The molecule has 6 heteroatoms. The summed E-state index contributed by atoms with van der Waals surface area (Å²) in [5.74, 6) is -1.53. The molecule has 1 fully saturated rings. The maximum absolute atomic E-state index is 12.2. The number of likely N-dealkylation sites (tertiary alicyclic amines) is 1. The molecule has 1 heterocycles. The fourth-order valence-electron chi connectivity index (χ4n) is 3.04. The van der Waals surface area contributed by atoms with Gasteiger partial charge in [0.2, 0.25) is 5.91 Å². The number of nitrogens with zero attached hydrogens (tertiary/aromatic N) is 1. The van der Waals surface area contributed by atoms with Gasteiger partial charge in [-0.15, -0.1) is 0 Å². The second-order valence-electron chi connectivity index (χ2n) is 6.63. The molecule has 1 atom stereocenters. The number of carbonyl (C=O) groups excluding carboxylic acids is 3. The zero-order valence-corrected chi connectivity index (χ0v) is 15.2. The van der Waals surface area contributed by atoms with Gasteiger partial charge in [0, 0.05) is 25.2 Å². The minimum Gasteiger partial charge on any atom is -0.455 e. The van der Waals surface area contributed by atoms with Crippen molar-refractivity contribution in [3.63, 3.8) is 0 Å². The predicted octanol–water partition coefficient (Wildman–Crippen LogP) is 2.53. The highest BCUT2D eigenvalue weighted by molar-refractivity contribution is 5.94. The maximum atomic E-state index is 12.2. The van der Waals surface area contributed by atoms with Crippen molar-refractivity contribution in [3.05, 3.63) is 65.7 Å². The van der Waals surface area contributed by atoms with Crippen LogP contribution in [0.3, 0.4) is 0 Å². The Bertz CT molecular complexity index is 835. The first kappa shape index (κ1) is 18.6. The number of aryl methyl sites for hydroxylation is 1. The smallest absolute Gasteiger partial charge is 0.311 e. The number of hydrogen-bond acceptors (Lipinski definition) is 4. The van der Waals surface area contributed by atoms with Gasteiger partial charge in [0.25, 0.3) is 5.91 Å². The molecule has 1 saturated heterocycles. The summed E-state index contributed by atoms with van der Waals surface area (Å²) in [5, 5.41) is 2.71. The summed E-state index contributed by atoms with van der Waals surface area (Å²) in [7, 11) is 0. The quantitative estimate of drug-likeness (QED) is 0.797. The Kier molecular flexibility index (Phi) is 5.86. The van der Waals surface area contributed by atoms with E-state index < -0.39 is 17.8 Å². The summed E-state index contributed by atoms with van der Waals surface area (Å²) in [6.45, 7) is 2.30. The van der Waals surface area contributed by atoms with Gasteiger partial charge in [-0.05, 0) is 24.1 Å². The van der Waals surface area contributed by atoms with Crippen LogP contribution in [0.2, 0.25) is 0 Å². The molecule has 0 spiro atoms. The molecule has 0 radical (unpaired) electrons. The number of amides is 2. The van der Waals surface area contributed by atoms with Crippen LogP contribution in [0.15, 0.2) is 54.6 Å². The monoisotopic (exact) mass is 366 g/mol. The maximum Gasteiger partial charge on any atom is 0.311 e. The SMILES string of the molecule is Cc1ccccc1NC(=O)COC(=O)[C@H]1CC(=O)N(Cc2ccccc2)C1. The van der Waals surface area contributed by atoms with Crippen LogP contribution in [0.25, 0.3) is 0 Å². The molecule has 3 rings (SSSR count). The minimum absolute atomic E-state index is 0.0786. The number of esters is 1. The standard InChI is InChI=1S/C21H22N2O4/c1-15-7-5-6-10-18(15)22-19(24)14-27-21(26)17-11-20(25)23(13-17)12-16-8-3-2-4-9-16/h2-10,17H,11-14H2,1H3,(H,22,24)/t17-/m0/s1. The Hall–Kier alpha value is -3.15. The van der Waals surface area contributed by atoms with Crippen molar-refractivity contribution in [1.29, 1.82) is 0 Å². The molecule has 140 valence electrons. The van der Waals surface area contributed by atoms with Crippen molar-refractivity contribution in [2.24, 2.45) is 5.92 Å². The van der Waals surface area contributed by atoms with Gasteiger partial charge in [0.15, 0.2) is 6.61 Å². The first-order chi connectivity index (χ1) is 13.0. The van der Waals surface area contributed by atoms with Gasteiger partial charge in [0.05, 0.1) is 5.92 Å². The minimum atomic E-state index is -0.535. The molecule has 2 aromatic carbocycles. The van der Waals surface area contributed by atoms with Crippen LogP contribution in [0.4, 0.5) is 5.69 Å². The molecule has 1 aliphatic rings. The highest BCUT2D eigenvalue weighted by Gasteiger charge is 2.35. The summed E-state index contributed by atoms with van der Waals surface area (Å²) in [6.07, 6.45) is 0.116. The zero-order chi connectivity index (χ0) is 19.2. The molecule has 0 unspecified atom stereocenters. The van der Waals surface area contributed by atoms with E-state index in [1.165, 1.54) is 0 Å². The van der Waals surface area contributed by atoms with Gasteiger partial charge in [-0.3, -0.25) is 14.4 Å². The Morgan fingerprint density at radius 3 is 2.56 bits per heavy atom. The van der Waals surface area contributed by atoms with Gasteiger partial charge in [-0.2, -0.15) is 0 Å². The van der Waals surface area contributed by atoms with Crippen LogP contribution in [-0.2, 0) is 25.7 Å². The normalized spacial score (nSPS) is 16.3. The van der Waals surface area contributed by atoms with Crippen LogP contribution >= 0.6 is 0 Å². The highest BCUT2D eigenvalue weighted by Crippen LogP contribution is 2.21. The summed E-state index contributed by atoms with van der Waals surface area (Å²) in [6, 6.07) is 17.0. The second kappa shape index (κ2) is 8.49. The third kappa shape index (κ3) is 4.94.